The Morgan fingerprint density at radius 3 is 2.47 bits per heavy atom. The third-order valence-corrected chi connectivity index (χ3v) is 4.83. The molecule has 1 aromatic carbocycles. The van der Waals surface area contributed by atoms with Crippen LogP contribution in [0.2, 0.25) is 0 Å². The highest BCUT2D eigenvalue weighted by Gasteiger charge is 2.13. The number of ether oxygens (including phenoxy) is 2. The second kappa shape index (κ2) is 7.53. The SMILES string of the molecule is COCOc1cc2[nH]c(C)cc2cc1-c1ccc2nc(-c3cnccn3)ccc2n1. The average molecular weight is 397 g/mol. The van der Waals surface area contributed by atoms with E-state index in [9.17, 15) is 0 Å². The van der Waals surface area contributed by atoms with Gasteiger partial charge in [0, 0.05) is 47.7 Å². The zero-order valence-corrected chi connectivity index (χ0v) is 16.6. The molecule has 0 amide bonds. The Labute approximate surface area is 172 Å². The molecule has 7 heteroatoms. The van der Waals surface area contributed by atoms with Crippen LogP contribution in [0.3, 0.4) is 0 Å². The first-order chi connectivity index (χ1) is 14.7. The summed E-state index contributed by atoms with van der Waals surface area (Å²) in [7, 11) is 1.60. The van der Waals surface area contributed by atoms with Crippen LogP contribution in [0.1, 0.15) is 5.69 Å². The highest BCUT2D eigenvalue weighted by Crippen LogP contribution is 2.34. The van der Waals surface area contributed by atoms with E-state index in [0.29, 0.717) is 5.75 Å². The number of fused-ring (bicyclic) bond motifs is 2. The highest BCUT2D eigenvalue weighted by atomic mass is 16.7. The predicted octanol–water partition coefficient (Wildman–Crippen LogP) is 4.53. The van der Waals surface area contributed by atoms with Gasteiger partial charge in [-0.25, -0.2) is 9.97 Å². The first kappa shape index (κ1) is 18.2. The van der Waals surface area contributed by atoms with Gasteiger partial charge in [-0.1, -0.05) is 0 Å². The highest BCUT2D eigenvalue weighted by molar-refractivity contribution is 5.90. The Bertz CT molecular complexity index is 1350. The molecule has 0 unspecified atom stereocenters. The number of H-pyrrole nitrogens is 1. The lowest BCUT2D eigenvalue weighted by Gasteiger charge is -2.12. The van der Waals surface area contributed by atoms with E-state index in [-0.39, 0.29) is 6.79 Å². The standard InChI is InChI=1S/C23H19N5O2/c1-14-9-15-10-16(23(30-13-29-2)11-21(15)26-14)17-3-4-19-18(27-17)5-6-20(28-19)22-12-24-7-8-25-22/h3-12,26H,13H2,1-2H3. The largest absolute Gasteiger partial charge is 0.467 e. The number of rotatable bonds is 5. The lowest BCUT2D eigenvalue weighted by Crippen LogP contribution is -2.01. The minimum Gasteiger partial charge on any atom is -0.467 e. The zero-order valence-electron chi connectivity index (χ0n) is 16.6. The molecule has 0 aliphatic heterocycles. The van der Waals surface area contributed by atoms with Crippen LogP contribution in [-0.4, -0.2) is 38.8 Å². The van der Waals surface area contributed by atoms with Crippen molar-refractivity contribution < 1.29 is 9.47 Å². The summed E-state index contributed by atoms with van der Waals surface area (Å²) >= 11 is 0. The molecule has 148 valence electrons. The molecule has 5 rings (SSSR count). The molecular formula is C23H19N5O2. The lowest BCUT2D eigenvalue weighted by atomic mass is 10.1. The van der Waals surface area contributed by atoms with Gasteiger partial charge in [-0.2, -0.15) is 0 Å². The number of aromatic amines is 1. The number of pyridine rings is 2. The molecule has 5 aromatic rings. The molecular weight excluding hydrogens is 378 g/mol. The number of hydrogen-bond donors (Lipinski definition) is 1. The summed E-state index contributed by atoms with van der Waals surface area (Å²) < 4.78 is 10.9. The van der Waals surface area contributed by atoms with Gasteiger partial charge in [-0.15, -0.1) is 0 Å². The van der Waals surface area contributed by atoms with Gasteiger partial charge in [-0.05, 0) is 43.3 Å². The van der Waals surface area contributed by atoms with E-state index in [1.165, 1.54) is 0 Å². The fourth-order valence-electron chi connectivity index (χ4n) is 3.48. The summed E-state index contributed by atoms with van der Waals surface area (Å²) in [5.74, 6) is 0.710. The van der Waals surface area contributed by atoms with E-state index < -0.39 is 0 Å². The number of benzene rings is 1. The van der Waals surface area contributed by atoms with Crippen LogP contribution in [-0.2, 0) is 4.74 Å². The van der Waals surface area contributed by atoms with Crippen LogP contribution in [0.25, 0.3) is 44.6 Å². The van der Waals surface area contributed by atoms with Crippen molar-refractivity contribution in [1.29, 1.82) is 0 Å². The van der Waals surface area contributed by atoms with Crippen LogP contribution < -0.4 is 4.74 Å². The first-order valence-corrected chi connectivity index (χ1v) is 9.51. The Hall–Kier alpha value is -3.84. The maximum absolute atomic E-state index is 5.83. The quantitative estimate of drug-likeness (QED) is 0.439. The first-order valence-electron chi connectivity index (χ1n) is 9.51. The maximum Gasteiger partial charge on any atom is 0.188 e. The molecule has 0 spiro atoms. The fourth-order valence-corrected chi connectivity index (χ4v) is 3.48. The topological polar surface area (TPSA) is 85.8 Å². The summed E-state index contributed by atoms with van der Waals surface area (Å²) in [6.45, 7) is 2.19. The number of methoxy groups -OCH3 is 1. The predicted molar refractivity (Wildman–Crippen MR) is 115 cm³/mol. The van der Waals surface area contributed by atoms with E-state index in [1.54, 1.807) is 25.7 Å². The molecule has 4 heterocycles. The van der Waals surface area contributed by atoms with Crippen LogP contribution in [0, 0.1) is 6.92 Å². The molecule has 0 atom stereocenters. The Morgan fingerprint density at radius 1 is 0.900 bits per heavy atom. The van der Waals surface area contributed by atoms with Crippen LogP contribution in [0.5, 0.6) is 5.75 Å². The smallest absolute Gasteiger partial charge is 0.188 e. The normalized spacial score (nSPS) is 11.3. The number of aryl methyl sites for hydroxylation is 1. The molecule has 1 N–H and O–H groups in total. The van der Waals surface area contributed by atoms with Crippen LogP contribution >= 0.6 is 0 Å². The van der Waals surface area contributed by atoms with Crippen molar-refractivity contribution >= 4 is 21.9 Å². The summed E-state index contributed by atoms with van der Waals surface area (Å²) in [6, 6.07) is 13.9. The van der Waals surface area contributed by atoms with E-state index >= 15 is 0 Å². The minimum absolute atomic E-state index is 0.162. The van der Waals surface area contributed by atoms with Crippen molar-refractivity contribution in [2.24, 2.45) is 0 Å². The average Bonchev–Trinajstić information content (AvgIpc) is 3.15. The molecule has 4 aromatic heterocycles. The van der Waals surface area contributed by atoms with Crippen molar-refractivity contribution in [2.75, 3.05) is 13.9 Å². The summed E-state index contributed by atoms with van der Waals surface area (Å²) in [6.07, 6.45) is 5.00. The van der Waals surface area contributed by atoms with Gasteiger partial charge in [0.15, 0.2) is 6.79 Å². The molecule has 0 aliphatic rings. The van der Waals surface area contributed by atoms with E-state index in [0.717, 1.165) is 50.3 Å². The molecule has 30 heavy (non-hydrogen) atoms. The van der Waals surface area contributed by atoms with Gasteiger partial charge >= 0.3 is 0 Å². The van der Waals surface area contributed by atoms with E-state index in [2.05, 4.69) is 32.1 Å². The van der Waals surface area contributed by atoms with E-state index in [4.69, 9.17) is 14.5 Å². The Balaban J connectivity index is 1.60. The minimum atomic E-state index is 0.162. The number of aromatic nitrogens is 5. The monoisotopic (exact) mass is 397 g/mol. The lowest BCUT2D eigenvalue weighted by molar-refractivity contribution is 0.0516. The molecule has 0 aliphatic carbocycles. The van der Waals surface area contributed by atoms with Gasteiger partial charge in [0.1, 0.15) is 11.4 Å². The van der Waals surface area contributed by atoms with Crippen molar-refractivity contribution in [3.05, 3.63) is 66.7 Å². The molecule has 0 radical (unpaired) electrons. The van der Waals surface area contributed by atoms with Crippen LogP contribution in [0.15, 0.2) is 61.1 Å². The molecule has 7 nitrogen and oxygen atoms in total. The molecule has 0 saturated heterocycles. The van der Waals surface area contributed by atoms with Crippen molar-refractivity contribution in [2.45, 2.75) is 6.92 Å². The fraction of sp³-hybridized carbons (Fsp3) is 0.130. The molecule has 0 fully saturated rings. The van der Waals surface area contributed by atoms with Gasteiger partial charge < -0.3 is 14.5 Å². The van der Waals surface area contributed by atoms with E-state index in [1.807, 2.05) is 37.3 Å². The van der Waals surface area contributed by atoms with Crippen molar-refractivity contribution in [1.82, 2.24) is 24.9 Å². The number of hydrogen-bond acceptors (Lipinski definition) is 6. The van der Waals surface area contributed by atoms with Crippen molar-refractivity contribution in [3.8, 4) is 28.4 Å². The summed E-state index contributed by atoms with van der Waals surface area (Å²) in [4.78, 5) is 21.3. The zero-order chi connectivity index (χ0) is 20.5. The number of nitrogens with zero attached hydrogens (tertiary/aromatic N) is 4. The molecule has 0 bridgehead atoms. The maximum atomic E-state index is 5.83. The van der Waals surface area contributed by atoms with Crippen molar-refractivity contribution in [3.63, 3.8) is 0 Å². The number of nitrogens with one attached hydrogen (secondary N) is 1. The Kier molecular flexibility index (Phi) is 4.57. The summed E-state index contributed by atoms with van der Waals surface area (Å²) in [5, 5.41) is 1.10. The third kappa shape index (κ3) is 3.35. The summed E-state index contributed by atoms with van der Waals surface area (Å²) in [5.41, 5.74) is 6.89. The van der Waals surface area contributed by atoms with Gasteiger partial charge in [0.05, 0.1) is 28.6 Å². The second-order valence-electron chi connectivity index (χ2n) is 6.96. The van der Waals surface area contributed by atoms with Gasteiger partial charge in [-0.3, -0.25) is 9.97 Å². The Morgan fingerprint density at radius 2 is 1.70 bits per heavy atom. The second-order valence-corrected chi connectivity index (χ2v) is 6.96. The third-order valence-electron chi connectivity index (χ3n) is 4.83. The van der Waals surface area contributed by atoms with Crippen LogP contribution in [0.4, 0.5) is 0 Å². The van der Waals surface area contributed by atoms with Gasteiger partial charge in [0.25, 0.3) is 0 Å². The molecule has 0 saturated carbocycles. The van der Waals surface area contributed by atoms with Gasteiger partial charge in [0.2, 0.25) is 0 Å².